The van der Waals surface area contributed by atoms with Gasteiger partial charge < -0.3 is 10.4 Å². The van der Waals surface area contributed by atoms with Crippen molar-refractivity contribution in [3.63, 3.8) is 0 Å². The Balaban J connectivity index is 1.68. The van der Waals surface area contributed by atoms with Crippen LogP contribution in [0.1, 0.15) is 30.9 Å². The molecule has 1 aliphatic rings. The SMILES string of the molecule is Cn1cc(C(C)(O)CNC(=O)C2(c3ccccc3)CC2)cn1. The highest BCUT2D eigenvalue weighted by Crippen LogP contribution is 2.48. The van der Waals surface area contributed by atoms with Gasteiger partial charge in [0.1, 0.15) is 5.60 Å². The highest BCUT2D eigenvalue weighted by atomic mass is 16.3. The molecule has 5 heteroatoms. The lowest BCUT2D eigenvalue weighted by molar-refractivity contribution is -0.124. The molecule has 2 N–H and O–H groups in total. The summed E-state index contributed by atoms with van der Waals surface area (Å²) in [6.07, 6.45) is 5.10. The zero-order valence-corrected chi connectivity index (χ0v) is 12.9. The van der Waals surface area contributed by atoms with Crippen molar-refractivity contribution in [3.05, 3.63) is 53.9 Å². The summed E-state index contributed by atoms with van der Waals surface area (Å²) in [5.74, 6) is -0.0112. The first-order chi connectivity index (χ1) is 10.4. The van der Waals surface area contributed by atoms with Crippen LogP contribution in [0.2, 0.25) is 0 Å². The third-order valence-electron chi connectivity index (χ3n) is 4.43. The molecule has 0 bridgehead atoms. The molecule has 1 aromatic carbocycles. The van der Waals surface area contributed by atoms with E-state index >= 15 is 0 Å². The molecule has 0 radical (unpaired) electrons. The van der Waals surface area contributed by atoms with Crippen LogP contribution in [0.15, 0.2) is 42.7 Å². The predicted octanol–water partition coefficient (Wildman–Crippen LogP) is 1.48. The molecular formula is C17H21N3O2. The molecule has 1 heterocycles. The van der Waals surface area contributed by atoms with Crippen molar-refractivity contribution < 1.29 is 9.90 Å². The van der Waals surface area contributed by atoms with Gasteiger partial charge in [0, 0.05) is 18.8 Å². The van der Waals surface area contributed by atoms with Gasteiger partial charge in [0.2, 0.25) is 5.91 Å². The lowest BCUT2D eigenvalue weighted by Gasteiger charge is -2.24. The molecule has 3 rings (SSSR count). The zero-order valence-electron chi connectivity index (χ0n) is 12.9. The minimum Gasteiger partial charge on any atom is -0.383 e. The lowest BCUT2D eigenvalue weighted by Crippen LogP contribution is -2.43. The molecule has 1 saturated carbocycles. The van der Waals surface area contributed by atoms with Crippen LogP contribution >= 0.6 is 0 Å². The molecule has 1 aromatic heterocycles. The van der Waals surface area contributed by atoms with Crippen molar-refractivity contribution >= 4 is 5.91 Å². The summed E-state index contributed by atoms with van der Waals surface area (Å²) in [4.78, 5) is 12.6. The second kappa shape index (κ2) is 5.25. The fourth-order valence-electron chi connectivity index (χ4n) is 2.75. The molecule has 1 aliphatic carbocycles. The van der Waals surface area contributed by atoms with E-state index in [9.17, 15) is 9.90 Å². The highest BCUT2D eigenvalue weighted by Gasteiger charge is 2.51. The standard InChI is InChI=1S/C17H21N3O2/c1-16(22,14-10-19-20(2)11-14)12-18-15(21)17(8-9-17)13-6-4-3-5-7-13/h3-7,10-11,22H,8-9,12H2,1-2H3,(H,18,21). The van der Waals surface area contributed by atoms with Crippen molar-refractivity contribution in [2.75, 3.05) is 6.54 Å². The number of aryl methyl sites for hydroxylation is 1. The van der Waals surface area contributed by atoms with Crippen LogP contribution in [0.4, 0.5) is 0 Å². The maximum Gasteiger partial charge on any atom is 0.230 e. The van der Waals surface area contributed by atoms with Crippen LogP contribution in [0.3, 0.4) is 0 Å². The van der Waals surface area contributed by atoms with E-state index in [0.29, 0.717) is 5.56 Å². The van der Waals surface area contributed by atoms with Crippen molar-refractivity contribution in [1.29, 1.82) is 0 Å². The summed E-state index contributed by atoms with van der Waals surface area (Å²) >= 11 is 0. The second-order valence-electron chi connectivity index (χ2n) is 6.31. The van der Waals surface area contributed by atoms with E-state index < -0.39 is 11.0 Å². The largest absolute Gasteiger partial charge is 0.383 e. The van der Waals surface area contributed by atoms with Gasteiger partial charge in [-0.3, -0.25) is 9.48 Å². The van der Waals surface area contributed by atoms with Crippen LogP contribution < -0.4 is 5.32 Å². The number of benzene rings is 1. The quantitative estimate of drug-likeness (QED) is 0.878. The van der Waals surface area contributed by atoms with Crippen molar-refractivity contribution in [3.8, 4) is 0 Å². The first-order valence-electron chi connectivity index (χ1n) is 7.49. The van der Waals surface area contributed by atoms with Gasteiger partial charge in [-0.05, 0) is 25.3 Å². The number of rotatable bonds is 5. The number of nitrogens with zero attached hydrogens (tertiary/aromatic N) is 2. The van der Waals surface area contributed by atoms with E-state index in [-0.39, 0.29) is 12.5 Å². The van der Waals surface area contributed by atoms with E-state index in [1.54, 1.807) is 31.0 Å². The van der Waals surface area contributed by atoms with Crippen LogP contribution in [0.5, 0.6) is 0 Å². The Morgan fingerprint density at radius 1 is 1.41 bits per heavy atom. The molecule has 22 heavy (non-hydrogen) atoms. The normalized spacial score (nSPS) is 18.5. The molecule has 0 saturated heterocycles. The van der Waals surface area contributed by atoms with E-state index in [1.807, 2.05) is 30.3 Å². The molecule has 1 fully saturated rings. The smallest absolute Gasteiger partial charge is 0.230 e. The van der Waals surface area contributed by atoms with Crippen LogP contribution in [-0.4, -0.2) is 27.3 Å². The number of aliphatic hydroxyl groups is 1. The maximum atomic E-state index is 12.6. The van der Waals surface area contributed by atoms with Crippen LogP contribution in [0, 0.1) is 0 Å². The Bertz CT molecular complexity index is 672. The summed E-state index contributed by atoms with van der Waals surface area (Å²) < 4.78 is 1.64. The molecular weight excluding hydrogens is 278 g/mol. The summed E-state index contributed by atoms with van der Waals surface area (Å²) in [6, 6.07) is 9.84. The molecule has 0 aliphatic heterocycles. The second-order valence-corrected chi connectivity index (χ2v) is 6.31. The first kappa shape index (κ1) is 14.8. The number of carbonyl (C=O) groups excluding carboxylic acids is 1. The average Bonchev–Trinajstić information content (AvgIpc) is 3.21. The van der Waals surface area contributed by atoms with Crippen LogP contribution in [-0.2, 0) is 22.9 Å². The lowest BCUT2D eigenvalue weighted by atomic mass is 9.94. The Labute approximate surface area is 130 Å². The number of aromatic nitrogens is 2. The van der Waals surface area contributed by atoms with Gasteiger partial charge in [-0.15, -0.1) is 0 Å². The third kappa shape index (κ3) is 2.64. The average molecular weight is 299 g/mol. The maximum absolute atomic E-state index is 12.6. The number of nitrogens with one attached hydrogen (secondary N) is 1. The van der Waals surface area contributed by atoms with Crippen molar-refractivity contribution in [2.45, 2.75) is 30.8 Å². The number of amides is 1. The van der Waals surface area contributed by atoms with Crippen LogP contribution in [0.25, 0.3) is 0 Å². The third-order valence-corrected chi connectivity index (χ3v) is 4.43. The van der Waals surface area contributed by atoms with Crippen molar-refractivity contribution in [1.82, 2.24) is 15.1 Å². The molecule has 0 spiro atoms. The van der Waals surface area contributed by atoms with Gasteiger partial charge in [0.15, 0.2) is 0 Å². The Hall–Kier alpha value is -2.14. The van der Waals surface area contributed by atoms with E-state index in [2.05, 4.69) is 10.4 Å². The fourth-order valence-corrected chi connectivity index (χ4v) is 2.75. The Kier molecular flexibility index (Phi) is 3.53. The van der Waals surface area contributed by atoms with Gasteiger partial charge in [-0.2, -0.15) is 5.10 Å². The molecule has 1 unspecified atom stereocenters. The summed E-state index contributed by atoms with van der Waals surface area (Å²) in [5, 5.41) is 17.5. The zero-order chi connectivity index (χ0) is 15.8. The van der Waals surface area contributed by atoms with E-state index in [0.717, 1.165) is 18.4 Å². The highest BCUT2D eigenvalue weighted by molar-refractivity contribution is 5.91. The van der Waals surface area contributed by atoms with Crippen molar-refractivity contribution in [2.24, 2.45) is 7.05 Å². The van der Waals surface area contributed by atoms with Gasteiger partial charge in [-0.25, -0.2) is 0 Å². The molecule has 1 atom stereocenters. The van der Waals surface area contributed by atoms with Gasteiger partial charge >= 0.3 is 0 Å². The molecule has 1 amide bonds. The summed E-state index contributed by atoms with van der Waals surface area (Å²) in [7, 11) is 1.80. The Morgan fingerprint density at radius 2 is 2.09 bits per heavy atom. The first-order valence-corrected chi connectivity index (χ1v) is 7.49. The summed E-state index contributed by atoms with van der Waals surface area (Å²) in [6.45, 7) is 1.86. The minimum absolute atomic E-state index is 0.0112. The Morgan fingerprint density at radius 3 is 2.64 bits per heavy atom. The molecule has 2 aromatic rings. The molecule has 5 nitrogen and oxygen atoms in total. The summed E-state index contributed by atoms with van der Waals surface area (Å²) in [5.41, 5.74) is 0.205. The minimum atomic E-state index is -1.13. The monoisotopic (exact) mass is 299 g/mol. The van der Waals surface area contributed by atoms with E-state index in [1.165, 1.54) is 0 Å². The predicted molar refractivity (Wildman–Crippen MR) is 83.1 cm³/mol. The number of carbonyl (C=O) groups is 1. The van der Waals surface area contributed by atoms with E-state index in [4.69, 9.17) is 0 Å². The number of hydrogen-bond acceptors (Lipinski definition) is 3. The molecule has 116 valence electrons. The van der Waals surface area contributed by atoms with Gasteiger partial charge in [-0.1, -0.05) is 30.3 Å². The van der Waals surface area contributed by atoms with Gasteiger partial charge in [0.25, 0.3) is 0 Å². The topological polar surface area (TPSA) is 67.2 Å². The van der Waals surface area contributed by atoms with Gasteiger partial charge in [0.05, 0.1) is 18.2 Å². The fraction of sp³-hybridized carbons (Fsp3) is 0.412. The number of hydrogen-bond donors (Lipinski definition) is 2.